The van der Waals surface area contributed by atoms with E-state index < -0.39 is 0 Å². The molecule has 138 valence electrons. The van der Waals surface area contributed by atoms with Crippen molar-refractivity contribution >= 4 is 17.5 Å². The van der Waals surface area contributed by atoms with E-state index in [1.54, 1.807) is 30.0 Å². The summed E-state index contributed by atoms with van der Waals surface area (Å²) in [6.07, 6.45) is 0. The molecule has 0 aliphatic rings. The molecule has 0 aliphatic heterocycles. The fraction of sp³-hybridized carbons (Fsp3) is 0.190. The number of amides is 1. The van der Waals surface area contributed by atoms with Gasteiger partial charge in [0, 0.05) is 24.5 Å². The molecule has 0 bridgehead atoms. The Kier molecular flexibility index (Phi) is 5.76. The molecule has 6 heteroatoms. The Bertz CT molecular complexity index is 930. The smallest absolute Gasteiger partial charge is 0.272 e. The maximum Gasteiger partial charge on any atom is 0.272 e. The summed E-state index contributed by atoms with van der Waals surface area (Å²) < 4.78 is 13.4. The number of anilines is 2. The monoisotopic (exact) mass is 364 g/mol. The molecule has 0 unspecified atom stereocenters. The van der Waals surface area contributed by atoms with Crippen molar-refractivity contribution in [3.63, 3.8) is 0 Å². The third-order valence-electron chi connectivity index (χ3n) is 4.04. The Morgan fingerprint density at radius 3 is 2.56 bits per heavy atom. The minimum absolute atomic E-state index is 0.172. The van der Waals surface area contributed by atoms with Crippen LogP contribution in [0.5, 0.6) is 0 Å². The molecule has 0 saturated carbocycles. The number of carbonyl (C=O) groups is 1. The number of nitrogens with zero attached hydrogens (tertiary/aromatic N) is 3. The second kappa shape index (κ2) is 8.40. The van der Waals surface area contributed by atoms with Gasteiger partial charge >= 0.3 is 0 Å². The standard InChI is InChI=1S/C21H21FN4O/c1-3-26(14-16-8-5-4-6-9-16)20(27)19-12-15(2)23-21(25-19)24-18-11-7-10-17(22)13-18/h4-13H,3,14H2,1-2H3,(H,23,24,25). The average Bonchev–Trinajstić information content (AvgIpc) is 2.66. The van der Waals surface area contributed by atoms with Crippen LogP contribution >= 0.6 is 0 Å². The summed E-state index contributed by atoms with van der Waals surface area (Å²) in [5.74, 6) is -0.266. The fourth-order valence-electron chi connectivity index (χ4n) is 2.72. The Morgan fingerprint density at radius 1 is 1.07 bits per heavy atom. The molecule has 1 amide bonds. The quantitative estimate of drug-likeness (QED) is 0.707. The highest BCUT2D eigenvalue weighted by molar-refractivity contribution is 5.92. The van der Waals surface area contributed by atoms with Crippen LogP contribution in [0.25, 0.3) is 0 Å². The topological polar surface area (TPSA) is 58.1 Å². The molecule has 5 nitrogen and oxygen atoms in total. The van der Waals surface area contributed by atoms with Gasteiger partial charge in [-0.05, 0) is 43.7 Å². The van der Waals surface area contributed by atoms with Gasteiger partial charge in [-0.1, -0.05) is 36.4 Å². The van der Waals surface area contributed by atoms with Gasteiger partial charge in [-0.25, -0.2) is 14.4 Å². The zero-order chi connectivity index (χ0) is 19.2. The highest BCUT2D eigenvalue weighted by Gasteiger charge is 2.18. The lowest BCUT2D eigenvalue weighted by molar-refractivity contribution is 0.0746. The normalized spacial score (nSPS) is 10.5. The van der Waals surface area contributed by atoms with Crippen LogP contribution in [0, 0.1) is 12.7 Å². The lowest BCUT2D eigenvalue weighted by atomic mass is 10.2. The number of hydrogen-bond donors (Lipinski definition) is 1. The van der Waals surface area contributed by atoms with Crippen LogP contribution in [0.3, 0.4) is 0 Å². The van der Waals surface area contributed by atoms with Gasteiger partial charge in [0.2, 0.25) is 5.95 Å². The van der Waals surface area contributed by atoms with Crippen molar-refractivity contribution in [1.29, 1.82) is 0 Å². The maximum atomic E-state index is 13.4. The SMILES string of the molecule is CCN(Cc1ccccc1)C(=O)c1cc(C)nc(Nc2cccc(F)c2)n1. The highest BCUT2D eigenvalue weighted by atomic mass is 19.1. The van der Waals surface area contributed by atoms with E-state index in [0.717, 1.165) is 5.56 Å². The van der Waals surface area contributed by atoms with Crippen molar-refractivity contribution in [3.05, 3.63) is 83.4 Å². The molecular formula is C21H21FN4O. The molecule has 3 aromatic rings. The third kappa shape index (κ3) is 4.88. The molecule has 1 heterocycles. The summed E-state index contributed by atoms with van der Waals surface area (Å²) in [7, 11) is 0. The molecule has 2 aromatic carbocycles. The minimum Gasteiger partial charge on any atom is -0.333 e. The van der Waals surface area contributed by atoms with Crippen LogP contribution in [0.15, 0.2) is 60.7 Å². The van der Waals surface area contributed by atoms with Crippen molar-refractivity contribution in [2.75, 3.05) is 11.9 Å². The van der Waals surface area contributed by atoms with Crippen LogP contribution in [0.1, 0.15) is 28.7 Å². The lowest BCUT2D eigenvalue weighted by Gasteiger charge is -2.21. The van der Waals surface area contributed by atoms with Crippen LogP contribution in [0.2, 0.25) is 0 Å². The van der Waals surface area contributed by atoms with E-state index >= 15 is 0 Å². The number of rotatable bonds is 6. The first-order valence-corrected chi connectivity index (χ1v) is 8.76. The summed E-state index contributed by atoms with van der Waals surface area (Å²) in [5.41, 5.74) is 2.54. The molecule has 0 spiro atoms. The molecule has 0 saturated heterocycles. The Balaban J connectivity index is 1.82. The van der Waals surface area contributed by atoms with Gasteiger partial charge in [0.25, 0.3) is 5.91 Å². The van der Waals surface area contributed by atoms with E-state index in [-0.39, 0.29) is 17.7 Å². The van der Waals surface area contributed by atoms with E-state index in [2.05, 4.69) is 15.3 Å². The van der Waals surface area contributed by atoms with Crippen molar-refractivity contribution in [1.82, 2.24) is 14.9 Å². The minimum atomic E-state index is -0.357. The Morgan fingerprint density at radius 2 is 1.85 bits per heavy atom. The second-order valence-electron chi connectivity index (χ2n) is 6.16. The molecule has 1 aromatic heterocycles. The molecule has 0 fully saturated rings. The summed E-state index contributed by atoms with van der Waals surface area (Å²) >= 11 is 0. The van der Waals surface area contributed by atoms with Gasteiger partial charge in [-0.2, -0.15) is 0 Å². The van der Waals surface area contributed by atoms with E-state index in [1.165, 1.54) is 12.1 Å². The van der Waals surface area contributed by atoms with Crippen LogP contribution < -0.4 is 5.32 Å². The Labute approximate surface area is 157 Å². The van der Waals surface area contributed by atoms with Crippen LogP contribution in [-0.4, -0.2) is 27.3 Å². The number of halogens is 1. The number of carbonyl (C=O) groups excluding carboxylic acids is 1. The lowest BCUT2D eigenvalue weighted by Crippen LogP contribution is -2.31. The van der Waals surface area contributed by atoms with E-state index in [1.807, 2.05) is 37.3 Å². The van der Waals surface area contributed by atoms with Crippen molar-refractivity contribution in [2.45, 2.75) is 20.4 Å². The first kappa shape index (κ1) is 18.5. The van der Waals surface area contributed by atoms with E-state index in [0.29, 0.717) is 30.2 Å². The zero-order valence-corrected chi connectivity index (χ0v) is 15.3. The molecule has 0 aliphatic carbocycles. The first-order chi connectivity index (χ1) is 13.0. The molecule has 0 atom stereocenters. The summed E-state index contributed by atoms with van der Waals surface area (Å²) in [6.45, 7) is 4.79. The largest absolute Gasteiger partial charge is 0.333 e. The van der Waals surface area contributed by atoms with E-state index in [4.69, 9.17) is 0 Å². The number of benzene rings is 2. The van der Waals surface area contributed by atoms with Gasteiger partial charge in [0.05, 0.1) is 0 Å². The second-order valence-corrected chi connectivity index (χ2v) is 6.16. The summed E-state index contributed by atoms with van der Waals surface area (Å²) in [5, 5.41) is 2.95. The van der Waals surface area contributed by atoms with Crippen molar-refractivity contribution in [3.8, 4) is 0 Å². The average molecular weight is 364 g/mol. The summed E-state index contributed by atoms with van der Waals surface area (Å²) in [4.78, 5) is 23.3. The van der Waals surface area contributed by atoms with Gasteiger partial charge in [-0.3, -0.25) is 4.79 Å². The molecule has 0 radical (unpaired) electrons. The van der Waals surface area contributed by atoms with Gasteiger partial charge < -0.3 is 10.2 Å². The maximum absolute atomic E-state index is 13.4. The van der Waals surface area contributed by atoms with Crippen LogP contribution in [-0.2, 0) is 6.54 Å². The number of nitrogens with one attached hydrogen (secondary N) is 1. The third-order valence-corrected chi connectivity index (χ3v) is 4.04. The Hall–Kier alpha value is -3.28. The van der Waals surface area contributed by atoms with Gasteiger partial charge in [-0.15, -0.1) is 0 Å². The predicted molar refractivity (Wildman–Crippen MR) is 103 cm³/mol. The summed E-state index contributed by atoms with van der Waals surface area (Å²) in [6, 6.07) is 17.5. The van der Waals surface area contributed by atoms with E-state index in [9.17, 15) is 9.18 Å². The molecule has 3 rings (SSSR count). The van der Waals surface area contributed by atoms with Crippen molar-refractivity contribution in [2.24, 2.45) is 0 Å². The number of hydrogen-bond acceptors (Lipinski definition) is 4. The number of aromatic nitrogens is 2. The zero-order valence-electron chi connectivity index (χ0n) is 15.3. The number of aryl methyl sites for hydroxylation is 1. The highest BCUT2D eigenvalue weighted by Crippen LogP contribution is 2.16. The van der Waals surface area contributed by atoms with Crippen LogP contribution in [0.4, 0.5) is 16.0 Å². The van der Waals surface area contributed by atoms with Crippen molar-refractivity contribution < 1.29 is 9.18 Å². The molecule has 1 N–H and O–H groups in total. The van der Waals surface area contributed by atoms with Gasteiger partial charge in [0.15, 0.2) is 0 Å². The van der Waals surface area contributed by atoms with Gasteiger partial charge in [0.1, 0.15) is 11.5 Å². The predicted octanol–water partition coefficient (Wildman–Crippen LogP) is 4.33. The molecule has 27 heavy (non-hydrogen) atoms. The fourth-order valence-corrected chi connectivity index (χ4v) is 2.72. The first-order valence-electron chi connectivity index (χ1n) is 8.76. The molecular weight excluding hydrogens is 343 g/mol.